The van der Waals surface area contributed by atoms with Crippen LogP contribution in [0.25, 0.3) is 0 Å². The number of halogens is 5. The first-order chi connectivity index (χ1) is 5.84. The summed E-state index contributed by atoms with van der Waals surface area (Å²) in [6.45, 7) is 1.52. The van der Waals surface area contributed by atoms with Gasteiger partial charge in [-0.25, -0.2) is 4.39 Å². The third kappa shape index (κ3) is 2.02. The smallest absolute Gasteiger partial charge is 0.205 e. The van der Waals surface area contributed by atoms with Crippen LogP contribution in [0.2, 0.25) is 0 Å². The molecule has 0 N–H and O–H groups in total. The van der Waals surface area contributed by atoms with Crippen molar-refractivity contribution in [2.24, 2.45) is 0 Å². The number of hydrogen-bond acceptors (Lipinski definition) is 0. The second-order valence-corrected chi connectivity index (χ2v) is 3.35. The maximum Gasteiger partial charge on any atom is 0.419 e. The number of benzene rings is 1. The van der Waals surface area contributed by atoms with E-state index < -0.39 is 17.6 Å². The van der Waals surface area contributed by atoms with Gasteiger partial charge in [0.15, 0.2) is 0 Å². The monoisotopic (exact) mass is 256 g/mol. The van der Waals surface area contributed by atoms with Gasteiger partial charge in [-0.15, -0.1) is 0 Å². The topological polar surface area (TPSA) is 0 Å². The first-order valence-electron chi connectivity index (χ1n) is 3.36. The molecule has 0 spiro atoms. The van der Waals surface area contributed by atoms with Crippen molar-refractivity contribution in [2.75, 3.05) is 0 Å². The summed E-state index contributed by atoms with van der Waals surface area (Å²) in [5.74, 6) is -1.26. The lowest BCUT2D eigenvalue weighted by molar-refractivity contribution is -0.140. The van der Waals surface area contributed by atoms with Crippen molar-refractivity contribution in [2.45, 2.75) is 13.1 Å². The molecule has 1 rings (SSSR count). The summed E-state index contributed by atoms with van der Waals surface area (Å²) in [6.07, 6.45) is -4.64. The van der Waals surface area contributed by atoms with Crippen LogP contribution in [0.4, 0.5) is 17.6 Å². The second kappa shape index (κ2) is 3.29. The number of alkyl halides is 3. The van der Waals surface area contributed by atoms with Crippen molar-refractivity contribution >= 4 is 15.9 Å². The van der Waals surface area contributed by atoms with Gasteiger partial charge in [0.25, 0.3) is 0 Å². The van der Waals surface area contributed by atoms with Crippen LogP contribution >= 0.6 is 15.9 Å². The van der Waals surface area contributed by atoms with E-state index in [4.69, 9.17) is 0 Å². The average molecular weight is 257 g/mol. The van der Waals surface area contributed by atoms with E-state index in [1.807, 2.05) is 0 Å². The van der Waals surface area contributed by atoms with Crippen LogP contribution in [0.1, 0.15) is 11.1 Å². The highest BCUT2D eigenvalue weighted by Gasteiger charge is 2.34. The van der Waals surface area contributed by atoms with Gasteiger partial charge in [-0.2, -0.15) is 13.2 Å². The summed E-state index contributed by atoms with van der Waals surface area (Å²) < 4.78 is 49.2. The van der Waals surface area contributed by atoms with Gasteiger partial charge in [-0.05, 0) is 34.5 Å². The van der Waals surface area contributed by atoms with E-state index in [1.165, 1.54) is 13.0 Å². The quantitative estimate of drug-likeness (QED) is 0.618. The summed E-state index contributed by atoms with van der Waals surface area (Å²) in [5, 5.41) is 0. The number of aryl methyl sites for hydroxylation is 1. The molecule has 0 fully saturated rings. The Morgan fingerprint density at radius 2 is 1.77 bits per heavy atom. The van der Waals surface area contributed by atoms with E-state index in [0.29, 0.717) is 5.56 Å². The van der Waals surface area contributed by atoms with E-state index in [9.17, 15) is 17.6 Å². The molecule has 0 aromatic heterocycles. The molecule has 0 atom stereocenters. The predicted octanol–water partition coefficient (Wildman–Crippen LogP) is 3.92. The predicted molar refractivity (Wildman–Crippen MR) is 43.8 cm³/mol. The molecule has 1 aromatic rings. The summed E-state index contributed by atoms with van der Waals surface area (Å²) in [5.41, 5.74) is -0.810. The molecular weight excluding hydrogens is 252 g/mol. The van der Waals surface area contributed by atoms with E-state index in [-0.39, 0.29) is 4.47 Å². The van der Waals surface area contributed by atoms with Gasteiger partial charge < -0.3 is 0 Å². The Bertz CT molecular complexity index is 330. The normalized spacial score (nSPS) is 11.8. The third-order valence-electron chi connectivity index (χ3n) is 1.58. The van der Waals surface area contributed by atoms with Crippen LogP contribution in [0.15, 0.2) is 16.6 Å². The lowest BCUT2D eigenvalue weighted by atomic mass is 10.1. The van der Waals surface area contributed by atoms with Crippen molar-refractivity contribution in [1.29, 1.82) is 0 Å². The van der Waals surface area contributed by atoms with Crippen molar-refractivity contribution in [1.82, 2.24) is 0 Å². The van der Waals surface area contributed by atoms with Gasteiger partial charge in [0, 0.05) is 0 Å². The Hall–Kier alpha value is -0.580. The van der Waals surface area contributed by atoms with Crippen LogP contribution in [-0.4, -0.2) is 0 Å². The summed E-state index contributed by atoms with van der Waals surface area (Å²) in [4.78, 5) is 0. The molecule has 0 aliphatic carbocycles. The zero-order valence-electron chi connectivity index (χ0n) is 6.54. The lowest BCUT2D eigenvalue weighted by Crippen LogP contribution is -2.08. The largest absolute Gasteiger partial charge is 0.419 e. The molecule has 72 valence electrons. The molecule has 0 saturated carbocycles. The Kier molecular flexibility index (Phi) is 2.66. The Labute approximate surface area is 80.7 Å². The van der Waals surface area contributed by atoms with Crippen LogP contribution < -0.4 is 0 Å². The van der Waals surface area contributed by atoms with Crippen molar-refractivity contribution in [3.05, 3.63) is 33.5 Å². The maximum absolute atomic E-state index is 13.0. The van der Waals surface area contributed by atoms with E-state index >= 15 is 0 Å². The molecule has 0 amide bonds. The second-order valence-electron chi connectivity index (χ2n) is 2.56. The molecular formula is C8H5BrF4. The first kappa shape index (κ1) is 10.5. The van der Waals surface area contributed by atoms with Crippen molar-refractivity contribution in [3.8, 4) is 0 Å². The highest BCUT2D eigenvalue weighted by atomic mass is 79.9. The van der Waals surface area contributed by atoms with Crippen molar-refractivity contribution < 1.29 is 17.6 Å². The summed E-state index contributed by atoms with van der Waals surface area (Å²) in [6, 6.07) is 1.95. The molecule has 1 aromatic carbocycles. The molecule has 0 radical (unpaired) electrons. The third-order valence-corrected chi connectivity index (χ3v) is 2.55. The minimum Gasteiger partial charge on any atom is -0.205 e. The summed E-state index contributed by atoms with van der Waals surface area (Å²) >= 11 is 2.75. The minimum absolute atomic E-state index is 0.137. The molecule has 0 heterocycles. The van der Waals surface area contributed by atoms with E-state index in [0.717, 1.165) is 6.07 Å². The molecule has 0 aliphatic rings. The number of rotatable bonds is 0. The molecule has 0 bridgehead atoms. The van der Waals surface area contributed by atoms with Crippen LogP contribution in [0, 0.1) is 12.7 Å². The molecule has 0 saturated heterocycles. The first-order valence-corrected chi connectivity index (χ1v) is 4.15. The van der Waals surface area contributed by atoms with E-state index in [1.54, 1.807) is 0 Å². The van der Waals surface area contributed by atoms with Crippen LogP contribution in [-0.2, 0) is 6.18 Å². The van der Waals surface area contributed by atoms with Gasteiger partial charge in [-0.1, -0.05) is 6.07 Å². The Balaban J connectivity index is 3.35. The molecule has 13 heavy (non-hydrogen) atoms. The zero-order chi connectivity index (χ0) is 10.2. The standard InChI is InChI=1S/C8H5BrF4/c1-4-2-3-5(8(11,12)13)7(10)6(4)9/h2-3H,1H3. The highest BCUT2D eigenvalue weighted by Crippen LogP contribution is 2.35. The Morgan fingerprint density at radius 3 is 2.23 bits per heavy atom. The molecule has 0 unspecified atom stereocenters. The molecule has 5 heteroatoms. The van der Waals surface area contributed by atoms with Crippen LogP contribution in [0.3, 0.4) is 0 Å². The average Bonchev–Trinajstić information content (AvgIpc) is 1.98. The number of hydrogen-bond donors (Lipinski definition) is 0. The fourth-order valence-electron chi connectivity index (χ4n) is 0.865. The zero-order valence-corrected chi connectivity index (χ0v) is 8.13. The van der Waals surface area contributed by atoms with Gasteiger partial charge in [0.05, 0.1) is 10.0 Å². The lowest BCUT2D eigenvalue weighted by Gasteiger charge is -2.09. The molecule has 0 nitrogen and oxygen atoms in total. The maximum atomic E-state index is 13.0. The SMILES string of the molecule is Cc1ccc(C(F)(F)F)c(F)c1Br. The van der Waals surface area contributed by atoms with Gasteiger partial charge in [-0.3, -0.25) is 0 Å². The highest BCUT2D eigenvalue weighted by molar-refractivity contribution is 9.10. The van der Waals surface area contributed by atoms with Gasteiger partial charge in [0.2, 0.25) is 0 Å². The minimum atomic E-state index is -4.64. The Morgan fingerprint density at radius 1 is 1.23 bits per heavy atom. The van der Waals surface area contributed by atoms with Crippen molar-refractivity contribution in [3.63, 3.8) is 0 Å². The summed E-state index contributed by atoms with van der Waals surface area (Å²) in [7, 11) is 0. The van der Waals surface area contributed by atoms with Gasteiger partial charge in [0.1, 0.15) is 5.82 Å². The fraction of sp³-hybridized carbons (Fsp3) is 0.250. The molecule has 0 aliphatic heterocycles. The van der Waals surface area contributed by atoms with Crippen LogP contribution in [0.5, 0.6) is 0 Å². The van der Waals surface area contributed by atoms with Gasteiger partial charge >= 0.3 is 6.18 Å². The fourth-order valence-corrected chi connectivity index (χ4v) is 1.21. The van der Waals surface area contributed by atoms with E-state index in [2.05, 4.69) is 15.9 Å².